The van der Waals surface area contributed by atoms with Gasteiger partial charge in [-0.1, -0.05) is 25.4 Å². The average molecular weight is 209 g/mol. The second kappa shape index (κ2) is 4.16. The van der Waals surface area contributed by atoms with Crippen LogP contribution in [0, 0.1) is 11.8 Å². The van der Waals surface area contributed by atoms with Gasteiger partial charge in [-0.3, -0.25) is 0 Å². The summed E-state index contributed by atoms with van der Waals surface area (Å²) in [5.41, 5.74) is 0. The molecule has 0 aromatic carbocycles. The standard InChI is InChI=1S/C10H19N5/c1-4-8-5-6-9(7(8)2)11-10-12-13-14-15(10)3/h7-9H,4-6H2,1-3H3,(H,11,12,14). The number of hydrogen-bond acceptors (Lipinski definition) is 4. The zero-order valence-corrected chi connectivity index (χ0v) is 9.64. The smallest absolute Gasteiger partial charge is 0.242 e. The Morgan fingerprint density at radius 2 is 2.27 bits per heavy atom. The Morgan fingerprint density at radius 3 is 2.80 bits per heavy atom. The maximum atomic E-state index is 3.96. The molecule has 0 bridgehead atoms. The Balaban J connectivity index is 1.99. The molecular formula is C10H19N5. The van der Waals surface area contributed by atoms with E-state index in [9.17, 15) is 0 Å². The molecule has 1 aromatic heterocycles. The molecule has 5 nitrogen and oxygen atoms in total. The summed E-state index contributed by atoms with van der Waals surface area (Å²) in [4.78, 5) is 0. The fourth-order valence-corrected chi connectivity index (χ4v) is 2.55. The highest BCUT2D eigenvalue weighted by molar-refractivity contribution is 5.24. The SMILES string of the molecule is CCC1CCC(Nc2nnnn2C)C1C. The van der Waals surface area contributed by atoms with Crippen LogP contribution in [0.5, 0.6) is 0 Å². The summed E-state index contributed by atoms with van der Waals surface area (Å²) in [5, 5.41) is 14.8. The first-order chi connectivity index (χ1) is 7.22. The molecule has 1 heterocycles. The Labute approximate surface area is 90.2 Å². The van der Waals surface area contributed by atoms with Crippen LogP contribution in [0.2, 0.25) is 0 Å². The third-order valence-corrected chi connectivity index (χ3v) is 3.69. The van der Waals surface area contributed by atoms with Crippen LogP contribution in [0.3, 0.4) is 0 Å². The minimum Gasteiger partial charge on any atom is -0.350 e. The van der Waals surface area contributed by atoms with E-state index in [2.05, 4.69) is 34.7 Å². The topological polar surface area (TPSA) is 55.6 Å². The largest absolute Gasteiger partial charge is 0.350 e. The van der Waals surface area contributed by atoms with Crippen LogP contribution < -0.4 is 5.32 Å². The fraction of sp³-hybridized carbons (Fsp3) is 0.900. The number of anilines is 1. The fourth-order valence-electron chi connectivity index (χ4n) is 2.55. The minimum atomic E-state index is 0.527. The van der Waals surface area contributed by atoms with Crippen LogP contribution in [-0.2, 0) is 7.05 Å². The quantitative estimate of drug-likeness (QED) is 0.818. The lowest BCUT2D eigenvalue weighted by Crippen LogP contribution is -2.26. The van der Waals surface area contributed by atoms with Gasteiger partial charge in [0, 0.05) is 13.1 Å². The van der Waals surface area contributed by atoms with E-state index in [1.807, 2.05) is 7.05 Å². The molecule has 1 aromatic rings. The lowest BCUT2D eigenvalue weighted by molar-refractivity contribution is 0.390. The van der Waals surface area contributed by atoms with Gasteiger partial charge in [0.05, 0.1) is 0 Å². The van der Waals surface area contributed by atoms with E-state index in [4.69, 9.17) is 0 Å². The Kier molecular flexibility index (Phi) is 2.88. The summed E-state index contributed by atoms with van der Waals surface area (Å²) in [7, 11) is 1.86. The van der Waals surface area contributed by atoms with Crippen molar-refractivity contribution in [2.45, 2.75) is 39.2 Å². The average Bonchev–Trinajstić information content (AvgIpc) is 2.77. The lowest BCUT2D eigenvalue weighted by Gasteiger charge is -2.20. The van der Waals surface area contributed by atoms with Crippen molar-refractivity contribution in [3.8, 4) is 0 Å². The van der Waals surface area contributed by atoms with Crippen molar-refractivity contribution in [2.24, 2.45) is 18.9 Å². The van der Waals surface area contributed by atoms with Gasteiger partial charge in [-0.2, -0.15) is 0 Å². The molecule has 1 saturated carbocycles. The van der Waals surface area contributed by atoms with Crippen molar-refractivity contribution >= 4 is 5.95 Å². The summed E-state index contributed by atoms with van der Waals surface area (Å²) in [6.07, 6.45) is 3.82. The molecule has 0 spiro atoms. The van der Waals surface area contributed by atoms with Gasteiger partial charge >= 0.3 is 0 Å². The van der Waals surface area contributed by atoms with E-state index in [1.54, 1.807) is 4.68 Å². The van der Waals surface area contributed by atoms with Gasteiger partial charge in [0.1, 0.15) is 0 Å². The Morgan fingerprint density at radius 1 is 1.47 bits per heavy atom. The van der Waals surface area contributed by atoms with E-state index >= 15 is 0 Å². The Hall–Kier alpha value is -1.13. The molecule has 3 unspecified atom stereocenters. The van der Waals surface area contributed by atoms with Crippen LogP contribution >= 0.6 is 0 Å². The summed E-state index contributed by atoms with van der Waals surface area (Å²) < 4.78 is 1.69. The zero-order valence-electron chi connectivity index (χ0n) is 9.64. The molecule has 1 fully saturated rings. The molecule has 3 atom stereocenters. The zero-order chi connectivity index (χ0) is 10.8. The molecule has 84 valence electrons. The van der Waals surface area contributed by atoms with E-state index in [1.165, 1.54) is 19.3 Å². The van der Waals surface area contributed by atoms with E-state index < -0.39 is 0 Å². The molecule has 1 aliphatic rings. The first-order valence-electron chi connectivity index (χ1n) is 5.71. The van der Waals surface area contributed by atoms with Crippen molar-refractivity contribution in [1.29, 1.82) is 0 Å². The third kappa shape index (κ3) is 1.96. The van der Waals surface area contributed by atoms with Crippen LogP contribution in [0.15, 0.2) is 0 Å². The second-order valence-electron chi connectivity index (χ2n) is 4.48. The third-order valence-electron chi connectivity index (χ3n) is 3.69. The lowest BCUT2D eigenvalue weighted by atomic mass is 9.94. The highest BCUT2D eigenvalue weighted by Crippen LogP contribution is 2.35. The van der Waals surface area contributed by atoms with Crippen LogP contribution in [0.25, 0.3) is 0 Å². The summed E-state index contributed by atoms with van der Waals surface area (Å²) >= 11 is 0. The number of nitrogens with zero attached hydrogens (tertiary/aromatic N) is 4. The highest BCUT2D eigenvalue weighted by atomic mass is 15.6. The van der Waals surface area contributed by atoms with Crippen molar-refractivity contribution in [1.82, 2.24) is 20.2 Å². The first-order valence-corrected chi connectivity index (χ1v) is 5.71. The summed E-state index contributed by atoms with van der Waals surface area (Å²) in [6, 6.07) is 0.527. The molecule has 1 aliphatic carbocycles. The molecule has 15 heavy (non-hydrogen) atoms. The van der Waals surface area contributed by atoms with Crippen molar-refractivity contribution in [2.75, 3.05) is 5.32 Å². The number of tetrazole rings is 1. The summed E-state index contributed by atoms with van der Waals surface area (Å²) in [6.45, 7) is 4.59. The number of aromatic nitrogens is 4. The molecule has 0 saturated heterocycles. The first kappa shape index (κ1) is 10.4. The van der Waals surface area contributed by atoms with E-state index in [0.29, 0.717) is 12.0 Å². The molecule has 0 amide bonds. The molecule has 2 rings (SSSR count). The maximum Gasteiger partial charge on any atom is 0.242 e. The van der Waals surface area contributed by atoms with Gasteiger partial charge < -0.3 is 5.32 Å². The van der Waals surface area contributed by atoms with Crippen molar-refractivity contribution in [3.05, 3.63) is 0 Å². The Bertz CT molecular complexity index is 321. The van der Waals surface area contributed by atoms with Gasteiger partial charge in [-0.25, -0.2) is 4.68 Å². The number of aryl methyl sites for hydroxylation is 1. The predicted molar refractivity (Wildman–Crippen MR) is 58.4 cm³/mol. The van der Waals surface area contributed by atoms with E-state index in [0.717, 1.165) is 11.9 Å². The minimum absolute atomic E-state index is 0.527. The molecular weight excluding hydrogens is 190 g/mol. The van der Waals surface area contributed by atoms with Crippen LogP contribution in [-0.4, -0.2) is 26.2 Å². The van der Waals surface area contributed by atoms with Crippen molar-refractivity contribution in [3.63, 3.8) is 0 Å². The highest BCUT2D eigenvalue weighted by Gasteiger charge is 2.32. The van der Waals surface area contributed by atoms with Gasteiger partial charge in [0.25, 0.3) is 0 Å². The van der Waals surface area contributed by atoms with Gasteiger partial charge in [0.2, 0.25) is 5.95 Å². The number of nitrogens with one attached hydrogen (secondary N) is 1. The number of hydrogen-bond donors (Lipinski definition) is 1. The number of rotatable bonds is 3. The van der Waals surface area contributed by atoms with Crippen molar-refractivity contribution < 1.29 is 0 Å². The summed E-state index contributed by atoms with van der Waals surface area (Å²) in [5.74, 6) is 2.35. The van der Waals surface area contributed by atoms with Gasteiger partial charge in [-0.05, 0) is 35.1 Å². The monoisotopic (exact) mass is 209 g/mol. The molecule has 5 heteroatoms. The van der Waals surface area contributed by atoms with E-state index in [-0.39, 0.29) is 0 Å². The molecule has 0 aliphatic heterocycles. The molecule has 0 radical (unpaired) electrons. The second-order valence-corrected chi connectivity index (χ2v) is 4.48. The molecule has 1 N–H and O–H groups in total. The van der Waals surface area contributed by atoms with Crippen LogP contribution in [0.4, 0.5) is 5.95 Å². The van der Waals surface area contributed by atoms with Gasteiger partial charge in [0.15, 0.2) is 0 Å². The van der Waals surface area contributed by atoms with Gasteiger partial charge in [-0.15, -0.1) is 0 Å². The van der Waals surface area contributed by atoms with Crippen LogP contribution in [0.1, 0.15) is 33.1 Å². The maximum absolute atomic E-state index is 3.96. The normalized spacial score (nSPS) is 30.7. The predicted octanol–water partition coefficient (Wildman–Crippen LogP) is 1.45.